The summed E-state index contributed by atoms with van der Waals surface area (Å²) in [6.45, 7) is 2.06. The Morgan fingerprint density at radius 3 is 1.61 bits per heavy atom. The number of oxazole rings is 1. The van der Waals surface area contributed by atoms with Crippen LogP contribution in [0.2, 0.25) is 0 Å². The van der Waals surface area contributed by atoms with Crippen molar-refractivity contribution in [3.8, 4) is 45.1 Å². The molecule has 180 valence electrons. The lowest BCUT2D eigenvalue weighted by Gasteiger charge is -2.11. The second kappa shape index (κ2) is 9.09. The topological polar surface area (TPSA) is 51.8 Å². The molecule has 0 saturated carbocycles. The van der Waals surface area contributed by atoms with E-state index in [-0.39, 0.29) is 0 Å². The molecule has 0 aliphatic carbocycles. The van der Waals surface area contributed by atoms with E-state index in [4.69, 9.17) is 14.4 Å². The number of hydrogen-bond acceptors (Lipinski definition) is 4. The van der Waals surface area contributed by atoms with Gasteiger partial charge in [0.1, 0.15) is 5.52 Å². The van der Waals surface area contributed by atoms with Crippen molar-refractivity contribution in [3.05, 3.63) is 127 Å². The molecule has 0 aliphatic heterocycles. The number of fused-ring (bicyclic) bond motifs is 2. The Morgan fingerprint density at radius 1 is 0.447 bits per heavy atom. The summed E-state index contributed by atoms with van der Waals surface area (Å²) in [5, 5.41) is 0. The van der Waals surface area contributed by atoms with Crippen molar-refractivity contribution in [2.75, 3.05) is 0 Å². The molecule has 0 spiro atoms. The van der Waals surface area contributed by atoms with Crippen LogP contribution in [0.4, 0.5) is 0 Å². The van der Waals surface area contributed by atoms with Gasteiger partial charge in [-0.3, -0.25) is 0 Å². The van der Waals surface area contributed by atoms with E-state index < -0.39 is 0 Å². The van der Waals surface area contributed by atoms with Crippen molar-refractivity contribution in [3.63, 3.8) is 0 Å². The van der Waals surface area contributed by atoms with Crippen LogP contribution >= 0.6 is 0 Å². The molecule has 2 aromatic heterocycles. The van der Waals surface area contributed by atoms with Gasteiger partial charge in [-0.05, 0) is 60.0 Å². The summed E-state index contributed by atoms with van der Waals surface area (Å²) in [4.78, 5) is 14.7. The van der Waals surface area contributed by atoms with E-state index in [0.29, 0.717) is 5.89 Å². The van der Waals surface area contributed by atoms with Crippen LogP contribution in [0.3, 0.4) is 0 Å². The summed E-state index contributed by atoms with van der Waals surface area (Å²) in [7, 11) is 0. The lowest BCUT2D eigenvalue weighted by atomic mass is 9.99. The van der Waals surface area contributed by atoms with E-state index >= 15 is 0 Å². The van der Waals surface area contributed by atoms with Gasteiger partial charge in [0.25, 0.3) is 0 Å². The zero-order valence-corrected chi connectivity index (χ0v) is 20.8. The Morgan fingerprint density at radius 2 is 0.974 bits per heavy atom. The van der Waals surface area contributed by atoms with Crippen LogP contribution < -0.4 is 0 Å². The number of benzene rings is 5. The maximum absolute atomic E-state index is 5.97. The van der Waals surface area contributed by atoms with Gasteiger partial charge in [0, 0.05) is 16.7 Å². The van der Waals surface area contributed by atoms with Crippen LogP contribution in [-0.4, -0.2) is 15.0 Å². The molecule has 0 radical (unpaired) electrons. The van der Waals surface area contributed by atoms with Gasteiger partial charge in [0.05, 0.1) is 22.4 Å². The predicted octanol–water partition coefficient (Wildman–Crippen LogP) is 8.75. The molecule has 0 saturated heterocycles. The summed E-state index contributed by atoms with van der Waals surface area (Å²) in [5.41, 5.74) is 11.7. The molecular weight excluding hydrogens is 466 g/mol. The molecule has 0 N–H and O–H groups in total. The normalized spacial score (nSPS) is 11.3. The number of aromatic nitrogens is 3. The fourth-order valence-electron chi connectivity index (χ4n) is 4.79. The van der Waals surface area contributed by atoms with E-state index in [9.17, 15) is 0 Å². The highest BCUT2D eigenvalue weighted by atomic mass is 16.3. The molecule has 2 heterocycles. The number of rotatable bonds is 4. The average molecular weight is 490 g/mol. The standard InChI is InChI=1S/C34H23N3O/c1-22-11-20-31-30(21-22)37-34(38-31)27-18-14-24(15-19-27)23-12-16-26(17-13-23)33-32(25-7-3-2-4-8-25)35-28-9-5-6-10-29(28)36-33/h2-21H,1H3. The largest absolute Gasteiger partial charge is 0.436 e. The predicted molar refractivity (Wildman–Crippen MR) is 154 cm³/mol. The number of hydrogen-bond donors (Lipinski definition) is 0. The van der Waals surface area contributed by atoms with E-state index in [1.54, 1.807) is 0 Å². The summed E-state index contributed by atoms with van der Waals surface area (Å²) in [5.74, 6) is 0.635. The van der Waals surface area contributed by atoms with E-state index in [1.807, 2.05) is 60.7 Å². The number of para-hydroxylation sites is 2. The van der Waals surface area contributed by atoms with Crippen LogP contribution in [0.5, 0.6) is 0 Å². The molecule has 38 heavy (non-hydrogen) atoms. The minimum atomic E-state index is 0.635. The van der Waals surface area contributed by atoms with Crippen LogP contribution in [0.25, 0.3) is 67.2 Å². The molecule has 0 aliphatic rings. The minimum absolute atomic E-state index is 0.635. The van der Waals surface area contributed by atoms with Crippen molar-refractivity contribution < 1.29 is 4.42 Å². The molecule has 7 aromatic rings. The lowest BCUT2D eigenvalue weighted by Crippen LogP contribution is -1.95. The average Bonchev–Trinajstić information content (AvgIpc) is 3.40. The summed E-state index contributed by atoms with van der Waals surface area (Å²) >= 11 is 0. The molecule has 7 rings (SSSR count). The van der Waals surface area contributed by atoms with Gasteiger partial charge in [-0.2, -0.15) is 0 Å². The fourth-order valence-corrected chi connectivity index (χ4v) is 4.79. The minimum Gasteiger partial charge on any atom is -0.436 e. The third-order valence-electron chi connectivity index (χ3n) is 6.78. The maximum Gasteiger partial charge on any atom is 0.227 e. The van der Waals surface area contributed by atoms with Gasteiger partial charge in [-0.25, -0.2) is 15.0 Å². The monoisotopic (exact) mass is 489 g/mol. The third kappa shape index (κ3) is 4.02. The van der Waals surface area contributed by atoms with E-state index in [0.717, 1.165) is 61.3 Å². The van der Waals surface area contributed by atoms with Crippen molar-refractivity contribution in [2.24, 2.45) is 0 Å². The SMILES string of the molecule is Cc1ccc2oc(-c3ccc(-c4ccc(-c5nc6ccccc6nc5-c5ccccc5)cc4)cc3)nc2c1. The Bertz CT molecular complexity index is 1900. The zero-order chi connectivity index (χ0) is 25.5. The Labute approximate surface area is 220 Å². The van der Waals surface area contributed by atoms with Crippen molar-refractivity contribution in [2.45, 2.75) is 6.92 Å². The molecule has 0 atom stereocenters. The lowest BCUT2D eigenvalue weighted by molar-refractivity contribution is 0.620. The molecule has 5 aromatic carbocycles. The molecule has 4 heteroatoms. The summed E-state index contributed by atoms with van der Waals surface area (Å²) < 4.78 is 5.97. The highest BCUT2D eigenvalue weighted by Crippen LogP contribution is 2.33. The van der Waals surface area contributed by atoms with Gasteiger partial charge in [0.2, 0.25) is 5.89 Å². The first kappa shape index (κ1) is 22.1. The Kier molecular flexibility index (Phi) is 5.30. The highest BCUT2D eigenvalue weighted by molar-refractivity contribution is 5.86. The fraction of sp³-hybridized carbons (Fsp3) is 0.0294. The summed E-state index contributed by atoms with van der Waals surface area (Å²) in [6, 6.07) is 41.2. The second-order valence-corrected chi connectivity index (χ2v) is 9.42. The molecule has 0 fully saturated rings. The van der Waals surface area contributed by atoms with Crippen molar-refractivity contribution in [1.29, 1.82) is 0 Å². The third-order valence-corrected chi connectivity index (χ3v) is 6.78. The Hall–Kier alpha value is -5.09. The molecule has 4 nitrogen and oxygen atoms in total. The first-order valence-corrected chi connectivity index (χ1v) is 12.6. The molecular formula is C34H23N3O. The molecule has 0 amide bonds. The van der Waals surface area contributed by atoms with Crippen molar-refractivity contribution >= 4 is 22.1 Å². The second-order valence-electron chi connectivity index (χ2n) is 9.42. The molecule has 0 unspecified atom stereocenters. The number of nitrogens with zero attached hydrogens (tertiary/aromatic N) is 3. The van der Waals surface area contributed by atoms with Crippen LogP contribution in [0.15, 0.2) is 126 Å². The number of aryl methyl sites for hydroxylation is 1. The van der Waals surface area contributed by atoms with Gasteiger partial charge >= 0.3 is 0 Å². The summed E-state index contributed by atoms with van der Waals surface area (Å²) in [6.07, 6.45) is 0. The van der Waals surface area contributed by atoms with Gasteiger partial charge in [-0.1, -0.05) is 84.9 Å². The first-order chi connectivity index (χ1) is 18.7. The highest BCUT2D eigenvalue weighted by Gasteiger charge is 2.14. The van der Waals surface area contributed by atoms with Gasteiger partial charge in [0.15, 0.2) is 5.58 Å². The van der Waals surface area contributed by atoms with Crippen molar-refractivity contribution in [1.82, 2.24) is 15.0 Å². The van der Waals surface area contributed by atoms with E-state index in [1.165, 1.54) is 5.56 Å². The van der Waals surface area contributed by atoms with Crippen LogP contribution in [-0.2, 0) is 0 Å². The Balaban J connectivity index is 1.23. The van der Waals surface area contributed by atoms with Gasteiger partial charge < -0.3 is 4.42 Å². The van der Waals surface area contributed by atoms with Gasteiger partial charge in [-0.15, -0.1) is 0 Å². The quantitative estimate of drug-likeness (QED) is 0.248. The van der Waals surface area contributed by atoms with Crippen LogP contribution in [0.1, 0.15) is 5.56 Å². The first-order valence-electron chi connectivity index (χ1n) is 12.6. The smallest absolute Gasteiger partial charge is 0.227 e. The van der Waals surface area contributed by atoms with Crippen LogP contribution in [0, 0.1) is 6.92 Å². The zero-order valence-electron chi connectivity index (χ0n) is 20.8. The van der Waals surface area contributed by atoms with E-state index in [2.05, 4.69) is 72.6 Å². The molecule has 0 bridgehead atoms. The maximum atomic E-state index is 5.97.